The van der Waals surface area contributed by atoms with Gasteiger partial charge in [0, 0.05) is 0 Å². The third-order valence-corrected chi connectivity index (χ3v) is 0.677. The fourth-order valence-corrected chi connectivity index (χ4v) is 0.354. The SMILES string of the molecule is CCCNCC.[LiH]. The average molecular weight is 95.1 g/mol. The normalized spacial score (nSPS) is 7.71. The van der Waals surface area contributed by atoms with Gasteiger partial charge >= 0.3 is 18.9 Å². The Bertz CT molecular complexity index is 20.0. The second-order valence-electron chi connectivity index (χ2n) is 1.35. The average Bonchev–Trinajstić information content (AvgIpc) is 1.61. The molecule has 1 N–H and O–H groups in total. The summed E-state index contributed by atoms with van der Waals surface area (Å²) in [6, 6.07) is 0. The molecule has 0 aliphatic heterocycles. The van der Waals surface area contributed by atoms with Gasteiger partial charge in [-0.05, 0) is 19.5 Å². The molecule has 1 nitrogen and oxygen atoms in total. The summed E-state index contributed by atoms with van der Waals surface area (Å²) in [5.74, 6) is 0. The van der Waals surface area contributed by atoms with E-state index in [2.05, 4.69) is 19.2 Å². The van der Waals surface area contributed by atoms with Gasteiger partial charge in [-0.25, -0.2) is 0 Å². The van der Waals surface area contributed by atoms with Crippen LogP contribution in [0.15, 0.2) is 0 Å². The second-order valence-corrected chi connectivity index (χ2v) is 1.35. The maximum absolute atomic E-state index is 3.20. The van der Waals surface area contributed by atoms with E-state index in [1.165, 1.54) is 6.42 Å². The molecule has 0 atom stereocenters. The Kier molecular flexibility index (Phi) is 14.7. The van der Waals surface area contributed by atoms with E-state index in [-0.39, 0.29) is 18.9 Å². The summed E-state index contributed by atoms with van der Waals surface area (Å²) in [5.41, 5.74) is 0. The van der Waals surface area contributed by atoms with Gasteiger partial charge in [0.15, 0.2) is 0 Å². The van der Waals surface area contributed by atoms with E-state index in [1.54, 1.807) is 0 Å². The Labute approximate surface area is 58.0 Å². The molecule has 0 saturated heterocycles. The first-order chi connectivity index (χ1) is 2.91. The summed E-state index contributed by atoms with van der Waals surface area (Å²) >= 11 is 0. The minimum absolute atomic E-state index is 0. The molecule has 0 rings (SSSR count). The second kappa shape index (κ2) is 9.75. The molecule has 40 valence electrons. The first-order valence-corrected chi connectivity index (χ1v) is 2.62. The van der Waals surface area contributed by atoms with Crippen molar-refractivity contribution in [3.05, 3.63) is 0 Å². The molecule has 0 saturated carbocycles. The third-order valence-electron chi connectivity index (χ3n) is 0.677. The van der Waals surface area contributed by atoms with E-state index < -0.39 is 0 Å². The fraction of sp³-hybridized carbons (Fsp3) is 1.00. The van der Waals surface area contributed by atoms with Crippen molar-refractivity contribution in [1.82, 2.24) is 5.32 Å². The van der Waals surface area contributed by atoms with E-state index >= 15 is 0 Å². The molecule has 0 aliphatic rings. The Morgan fingerprint density at radius 1 is 1.29 bits per heavy atom. The van der Waals surface area contributed by atoms with Crippen LogP contribution in [-0.2, 0) is 0 Å². The maximum atomic E-state index is 3.20. The van der Waals surface area contributed by atoms with Crippen LogP contribution in [0.25, 0.3) is 0 Å². The van der Waals surface area contributed by atoms with Crippen LogP contribution in [-0.4, -0.2) is 32.0 Å². The molecule has 0 amide bonds. The van der Waals surface area contributed by atoms with Gasteiger partial charge in [0.2, 0.25) is 0 Å². The summed E-state index contributed by atoms with van der Waals surface area (Å²) < 4.78 is 0. The van der Waals surface area contributed by atoms with Crippen molar-refractivity contribution in [3.8, 4) is 0 Å². The van der Waals surface area contributed by atoms with E-state index in [0.29, 0.717) is 0 Å². The van der Waals surface area contributed by atoms with E-state index in [9.17, 15) is 0 Å². The zero-order chi connectivity index (χ0) is 4.83. The zero-order valence-electron chi connectivity index (χ0n) is 4.62. The van der Waals surface area contributed by atoms with Crippen LogP contribution in [0.5, 0.6) is 0 Å². The molecule has 0 aromatic heterocycles. The van der Waals surface area contributed by atoms with Crippen LogP contribution in [0.2, 0.25) is 0 Å². The molecule has 0 bridgehead atoms. The van der Waals surface area contributed by atoms with E-state index in [0.717, 1.165) is 13.1 Å². The van der Waals surface area contributed by atoms with Crippen molar-refractivity contribution in [1.29, 1.82) is 0 Å². The van der Waals surface area contributed by atoms with Gasteiger partial charge in [-0.1, -0.05) is 13.8 Å². The van der Waals surface area contributed by atoms with E-state index in [4.69, 9.17) is 0 Å². The van der Waals surface area contributed by atoms with Crippen LogP contribution in [0.4, 0.5) is 0 Å². The van der Waals surface area contributed by atoms with Gasteiger partial charge in [-0.15, -0.1) is 0 Å². The summed E-state index contributed by atoms with van der Waals surface area (Å²) in [6.07, 6.45) is 1.24. The van der Waals surface area contributed by atoms with Crippen molar-refractivity contribution < 1.29 is 0 Å². The zero-order valence-corrected chi connectivity index (χ0v) is 4.62. The Balaban J connectivity index is 0. The molecule has 0 heterocycles. The Hall–Kier alpha value is 0.557. The molecular formula is C5H14LiN. The van der Waals surface area contributed by atoms with Crippen molar-refractivity contribution in [2.24, 2.45) is 0 Å². The van der Waals surface area contributed by atoms with Gasteiger partial charge in [0.05, 0.1) is 0 Å². The van der Waals surface area contributed by atoms with Crippen molar-refractivity contribution in [3.63, 3.8) is 0 Å². The standard InChI is InChI=1S/C5H13N.Li.H/c1-3-5-6-4-2;;/h6H,3-5H2,1-2H3;;. The van der Waals surface area contributed by atoms with Gasteiger partial charge in [-0.3, -0.25) is 0 Å². The number of rotatable bonds is 3. The van der Waals surface area contributed by atoms with Gasteiger partial charge < -0.3 is 5.32 Å². The molecule has 0 spiro atoms. The van der Waals surface area contributed by atoms with Crippen LogP contribution < -0.4 is 5.32 Å². The van der Waals surface area contributed by atoms with Crippen LogP contribution in [0.1, 0.15) is 20.3 Å². The van der Waals surface area contributed by atoms with Crippen LogP contribution >= 0.6 is 0 Å². The predicted octanol–water partition coefficient (Wildman–Crippen LogP) is 0.357. The number of hydrogen-bond donors (Lipinski definition) is 1. The quantitative estimate of drug-likeness (QED) is 0.394. The van der Waals surface area contributed by atoms with Crippen molar-refractivity contribution in [2.75, 3.05) is 13.1 Å². The molecule has 0 aromatic rings. The summed E-state index contributed by atoms with van der Waals surface area (Å²) in [4.78, 5) is 0. The number of hydrogen-bond acceptors (Lipinski definition) is 1. The van der Waals surface area contributed by atoms with Gasteiger partial charge in [-0.2, -0.15) is 0 Å². The molecular weight excluding hydrogens is 81.0 g/mol. The monoisotopic (exact) mass is 95.1 g/mol. The molecule has 0 fully saturated rings. The van der Waals surface area contributed by atoms with Crippen LogP contribution in [0.3, 0.4) is 0 Å². The molecule has 7 heavy (non-hydrogen) atoms. The summed E-state index contributed by atoms with van der Waals surface area (Å²) in [7, 11) is 0. The van der Waals surface area contributed by atoms with Crippen molar-refractivity contribution in [2.45, 2.75) is 20.3 Å². The topological polar surface area (TPSA) is 12.0 Å². The Morgan fingerprint density at radius 2 is 1.86 bits per heavy atom. The summed E-state index contributed by atoms with van der Waals surface area (Å²) in [5, 5.41) is 3.20. The van der Waals surface area contributed by atoms with Gasteiger partial charge in [0.25, 0.3) is 0 Å². The number of nitrogens with one attached hydrogen (secondary N) is 1. The fourth-order valence-electron chi connectivity index (χ4n) is 0.354. The molecule has 0 aliphatic carbocycles. The van der Waals surface area contributed by atoms with Gasteiger partial charge in [0.1, 0.15) is 0 Å². The third kappa shape index (κ3) is 10.8. The summed E-state index contributed by atoms with van der Waals surface area (Å²) in [6.45, 7) is 6.56. The first kappa shape index (κ1) is 10.5. The molecule has 0 radical (unpaired) electrons. The predicted molar refractivity (Wildman–Crippen MR) is 36.0 cm³/mol. The minimum atomic E-state index is 0. The first-order valence-electron chi connectivity index (χ1n) is 2.62. The van der Waals surface area contributed by atoms with E-state index in [1.807, 2.05) is 0 Å². The molecule has 0 aromatic carbocycles. The Morgan fingerprint density at radius 3 is 2.00 bits per heavy atom. The molecule has 0 unspecified atom stereocenters. The van der Waals surface area contributed by atoms with Crippen molar-refractivity contribution >= 4 is 18.9 Å². The van der Waals surface area contributed by atoms with Crippen LogP contribution in [0, 0.1) is 0 Å². The molecule has 2 heteroatoms.